The van der Waals surface area contributed by atoms with Crippen LogP contribution in [0.1, 0.15) is 5.56 Å². The van der Waals surface area contributed by atoms with Gasteiger partial charge in [0.25, 0.3) is 10.0 Å². The molecule has 9 nitrogen and oxygen atoms in total. The standard InChI is InChI=1S/C20H18ClN5O4S2/c1-30-19-11-10-17(24-25-19)26-32(28,29)16-8-6-15(7-9-16)22-20(31)23-18(27)12-13-2-4-14(21)5-3-13/h2-11H,12H2,1H3,(H,24,26)(H2,22,23,27,31). The van der Waals surface area contributed by atoms with Gasteiger partial charge < -0.3 is 15.4 Å². The molecule has 3 rings (SSSR count). The van der Waals surface area contributed by atoms with Gasteiger partial charge >= 0.3 is 0 Å². The maximum absolute atomic E-state index is 12.5. The molecule has 0 aliphatic carbocycles. The number of thiocarbonyl (C=S) groups is 1. The Hall–Kier alpha value is -3.28. The number of rotatable bonds is 7. The van der Waals surface area contributed by atoms with Gasteiger partial charge in [-0.1, -0.05) is 23.7 Å². The first-order valence-electron chi connectivity index (χ1n) is 9.11. The summed E-state index contributed by atoms with van der Waals surface area (Å²) in [6, 6.07) is 15.6. The topological polar surface area (TPSA) is 122 Å². The highest BCUT2D eigenvalue weighted by molar-refractivity contribution is 7.92. The Kier molecular flexibility index (Phi) is 7.57. The first kappa shape index (κ1) is 23.4. The van der Waals surface area contributed by atoms with Crippen molar-refractivity contribution in [1.82, 2.24) is 15.5 Å². The molecule has 0 bridgehead atoms. The van der Waals surface area contributed by atoms with E-state index in [1.807, 2.05) is 0 Å². The zero-order valence-electron chi connectivity index (χ0n) is 16.7. The molecule has 0 aliphatic rings. The van der Waals surface area contributed by atoms with Crippen molar-refractivity contribution in [2.75, 3.05) is 17.1 Å². The highest BCUT2D eigenvalue weighted by atomic mass is 35.5. The van der Waals surface area contributed by atoms with Crippen LogP contribution >= 0.6 is 23.8 Å². The third-order valence-electron chi connectivity index (χ3n) is 4.04. The molecule has 0 spiro atoms. The number of aromatic nitrogens is 2. The number of carbonyl (C=O) groups excluding carboxylic acids is 1. The normalized spacial score (nSPS) is 10.8. The number of methoxy groups -OCH3 is 1. The Morgan fingerprint density at radius 2 is 1.72 bits per heavy atom. The van der Waals surface area contributed by atoms with E-state index in [0.29, 0.717) is 10.7 Å². The molecular formula is C20H18ClN5O4S2. The molecule has 12 heteroatoms. The van der Waals surface area contributed by atoms with Crippen LogP contribution in [0.5, 0.6) is 5.88 Å². The molecule has 166 valence electrons. The van der Waals surface area contributed by atoms with Crippen LogP contribution in [0.4, 0.5) is 11.5 Å². The van der Waals surface area contributed by atoms with Gasteiger partial charge in [-0.15, -0.1) is 10.2 Å². The number of halogens is 1. The van der Waals surface area contributed by atoms with Gasteiger partial charge in [0.15, 0.2) is 10.9 Å². The van der Waals surface area contributed by atoms with Crippen molar-refractivity contribution >= 4 is 56.4 Å². The summed E-state index contributed by atoms with van der Waals surface area (Å²) < 4.78 is 32.2. The lowest BCUT2D eigenvalue weighted by Gasteiger charge is -2.11. The summed E-state index contributed by atoms with van der Waals surface area (Å²) in [7, 11) is -2.44. The number of hydrogen-bond acceptors (Lipinski definition) is 7. The summed E-state index contributed by atoms with van der Waals surface area (Å²) in [4.78, 5) is 12.1. The number of nitrogens with one attached hydrogen (secondary N) is 3. The third kappa shape index (κ3) is 6.61. The van der Waals surface area contributed by atoms with E-state index in [-0.39, 0.29) is 34.0 Å². The highest BCUT2D eigenvalue weighted by Gasteiger charge is 2.15. The van der Waals surface area contributed by atoms with E-state index in [1.165, 1.54) is 43.5 Å². The quantitative estimate of drug-likeness (QED) is 0.431. The smallest absolute Gasteiger partial charge is 0.263 e. The second kappa shape index (κ2) is 10.4. The molecule has 0 saturated heterocycles. The lowest BCUT2D eigenvalue weighted by molar-refractivity contribution is -0.119. The highest BCUT2D eigenvalue weighted by Crippen LogP contribution is 2.18. The molecule has 3 aromatic rings. The number of anilines is 2. The van der Waals surface area contributed by atoms with Crippen LogP contribution in [0.15, 0.2) is 65.6 Å². The number of sulfonamides is 1. The van der Waals surface area contributed by atoms with Crippen LogP contribution in [-0.4, -0.2) is 36.7 Å². The molecule has 2 aromatic carbocycles. The largest absolute Gasteiger partial charge is 0.480 e. The average molecular weight is 492 g/mol. The molecule has 1 amide bonds. The fourth-order valence-electron chi connectivity index (χ4n) is 2.52. The van der Waals surface area contributed by atoms with E-state index in [0.717, 1.165) is 5.56 Å². The number of ether oxygens (including phenoxy) is 1. The lowest BCUT2D eigenvalue weighted by atomic mass is 10.1. The molecule has 1 heterocycles. The van der Waals surface area contributed by atoms with Gasteiger partial charge in [-0.2, -0.15) is 0 Å². The molecule has 0 saturated carbocycles. The van der Waals surface area contributed by atoms with Gasteiger partial charge in [0, 0.05) is 16.8 Å². The zero-order chi connectivity index (χ0) is 23.1. The Bertz CT molecular complexity index is 1200. The van der Waals surface area contributed by atoms with Crippen molar-refractivity contribution in [2.24, 2.45) is 0 Å². The number of hydrogen-bond donors (Lipinski definition) is 3. The summed E-state index contributed by atoms with van der Waals surface area (Å²) in [6.45, 7) is 0. The van der Waals surface area contributed by atoms with Crippen LogP contribution < -0.4 is 20.1 Å². The fraction of sp³-hybridized carbons (Fsp3) is 0.100. The first-order chi connectivity index (χ1) is 15.2. The van der Waals surface area contributed by atoms with Crippen molar-refractivity contribution in [3.05, 3.63) is 71.2 Å². The van der Waals surface area contributed by atoms with Crippen LogP contribution in [0.25, 0.3) is 0 Å². The van der Waals surface area contributed by atoms with E-state index in [1.54, 1.807) is 24.3 Å². The zero-order valence-corrected chi connectivity index (χ0v) is 19.1. The summed E-state index contributed by atoms with van der Waals surface area (Å²) in [5.41, 5.74) is 1.29. The Morgan fingerprint density at radius 1 is 1.03 bits per heavy atom. The van der Waals surface area contributed by atoms with E-state index >= 15 is 0 Å². The minimum atomic E-state index is -3.87. The van der Waals surface area contributed by atoms with Gasteiger partial charge in [0.1, 0.15) is 0 Å². The number of benzene rings is 2. The minimum absolute atomic E-state index is 0.0124. The van der Waals surface area contributed by atoms with E-state index in [2.05, 4.69) is 25.6 Å². The van der Waals surface area contributed by atoms with Gasteiger partial charge in [-0.25, -0.2) is 8.42 Å². The van der Waals surface area contributed by atoms with Gasteiger partial charge in [0.05, 0.1) is 18.4 Å². The monoisotopic (exact) mass is 491 g/mol. The van der Waals surface area contributed by atoms with Crippen molar-refractivity contribution in [3.63, 3.8) is 0 Å². The number of amides is 1. The number of carbonyl (C=O) groups is 1. The van der Waals surface area contributed by atoms with Gasteiger partial charge in [-0.05, 0) is 60.2 Å². The van der Waals surface area contributed by atoms with Crippen LogP contribution in [0, 0.1) is 0 Å². The van der Waals surface area contributed by atoms with Gasteiger partial charge in [-0.3, -0.25) is 9.52 Å². The fourth-order valence-corrected chi connectivity index (χ4v) is 3.87. The molecule has 0 radical (unpaired) electrons. The van der Waals surface area contributed by atoms with E-state index in [9.17, 15) is 13.2 Å². The molecular weight excluding hydrogens is 474 g/mol. The van der Waals surface area contributed by atoms with E-state index < -0.39 is 10.0 Å². The lowest BCUT2D eigenvalue weighted by Crippen LogP contribution is -2.35. The Morgan fingerprint density at radius 3 is 2.31 bits per heavy atom. The minimum Gasteiger partial charge on any atom is -0.480 e. The second-order valence-corrected chi connectivity index (χ2v) is 8.92. The van der Waals surface area contributed by atoms with Gasteiger partial charge in [0.2, 0.25) is 11.8 Å². The van der Waals surface area contributed by atoms with Crippen LogP contribution in [-0.2, 0) is 21.2 Å². The third-order valence-corrected chi connectivity index (χ3v) is 5.87. The van der Waals surface area contributed by atoms with Crippen molar-refractivity contribution in [2.45, 2.75) is 11.3 Å². The van der Waals surface area contributed by atoms with Crippen LogP contribution in [0.2, 0.25) is 5.02 Å². The summed E-state index contributed by atoms with van der Waals surface area (Å²) >= 11 is 11.0. The summed E-state index contributed by atoms with van der Waals surface area (Å²) in [5.74, 6) is 0.0194. The van der Waals surface area contributed by atoms with Crippen molar-refractivity contribution in [1.29, 1.82) is 0 Å². The maximum atomic E-state index is 12.5. The predicted octanol–water partition coefficient (Wildman–Crippen LogP) is 3.00. The molecule has 1 aromatic heterocycles. The van der Waals surface area contributed by atoms with Crippen LogP contribution in [0.3, 0.4) is 0 Å². The second-order valence-electron chi connectivity index (χ2n) is 6.40. The SMILES string of the molecule is COc1ccc(NS(=O)(=O)c2ccc(NC(=S)NC(=O)Cc3ccc(Cl)cc3)cc2)nn1. The average Bonchev–Trinajstić information content (AvgIpc) is 2.76. The molecule has 32 heavy (non-hydrogen) atoms. The Balaban J connectivity index is 1.56. The van der Waals surface area contributed by atoms with Crippen molar-refractivity contribution in [3.8, 4) is 5.88 Å². The Labute approximate surface area is 195 Å². The molecule has 0 aliphatic heterocycles. The van der Waals surface area contributed by atoms with Crippen molar-refractivity contribution < 1.29 is 17.9 Å². The molecule has 0 fully saturated rings. The number of nitrogens with zero attached hydrogens (tertiary/aromatic N) is 2. The summed E-state index contributed by atoms with van der Waals surface area (Å²) in [6.07, 6.45) is 0.135. The first-order valence-corrected chi connectivity index (χ1v) is 11.4. The predicted molar refractivity (Wildman–Crippen MR) is 125 cm³/mol. The molecule has 3 N–H and O–H groups in total. The maximum Gasteiger partial charge on any atom is 0.263 e. The van der Waals surface area contributed by atoms with E-state index in [4.69, 9.17) is 28.6 Å². The molecule has 0 atom stereocenters. The summed E-state index contributed by atoms with van der Waals surface area (Å²) in [5, 5.41) is 13.5. The molecule has 0 unspecified atom stereocenters.